The molecular weight excluding hydrogens is 386 g/mol. The number of fused-ring (bicyclic) bond motifs is 2. The maximum atomic E-state index is 12.0. The van der Waals surface area contributed by atoms with Crippen molar-refractivity contribution in [1.29, 1.82) is 0 Å². The highest BCUT2D eigenvalue weighted by molar-refractivity contribution is 6.33. The quantitative estimate of drug-likeness (QED) is 0.757. The summed E-state index contributed by atoms with van der Waals surface area (Å²) in [6.07, 6.45) is 0.667. The molecule has 0 bridgehead atoms. The van der Waals surface area contributed by atoms with E-state index >= 15 is 0 Å². The van der Waals surface area contributed by atoms with Crippen LogP contribution in [0.4, 0.5) is 5.69 Å². The summed E-state index contributed by atoms with van der Waals surface area (Å²) in [7, 11) is 0. The number of aromatic hydroxyl groups is 1. The van der Waals surface area contributed by atoms with Crippen molar-refractivity contribution in [2.45, 2.75) is 25.4 Å². The van der Waals surface area contributed by atoms with E-state index < -0.39 is 17.4 Å². The van der Waals surface area contributed by atoms with E-state index in [9.17, 15) is 19.8 Å². The maximum Gasteiger partial charge on any atom is 0.398 e. The molecule has 7 nitrogen and oxygen atoms in total. The molecule has 0 radical (unpaired) electrons. The van der Waals surface area contributed by atoms with E-state index in [0.717, 1.165) is 10.6 Å². The maximum absolute atomic E-state index is 12.0. The molecule has 2 N–H and O–H groups in total. The Morgan fingerprint density at radius 3 is 2.82 bits per heavy atom. The standard InChI is InChI=1S/C20H18ClNO6/c1-2-16(23)19(25)28-22-10-20(26,13-8-12(21)3-4-15(13)22)14-7-11-5-6-27-18(11)9-17(14)24/h3-4,7-9,24,26H,2,5-6,10H2,1H3. The van der Waals surface area contributed by atoms with Crippen LogP contribution in [0, 0.1) is 0 Å². The second kappa shape index (κ2) is 6.68. The molecule has 2 aliphatic heterocycles. The van der Waals surface area contributed by atoms with E-state index in [2.05, 4.69) is 0 Å². The van der Waals surface area contributed by atoms with E-state index in [4.69, 9.17) is 21.2 Å². The number of rotatable bonds is 4. The predicted octanol–water partition coefficient (Wildman–Crippen LogP) is 2.47. The van der Waals surface area contributed by atoms with Crippen LogP contribution in [0.3, 0.4) is 0 Å². The van der Waals surface area contributed by atoms with Crippen molar-refractivity contribution < 1.29 is 29.4 Å². The number of benzene rings is 2. The first-order valence-corrected chi connectivity index (χ1v) is 9.25. The first-order valence-electron chi connectivity index (χ1n) is 8.87. The number of aliphatic hydroxyl groups is 1. The minimum absolute atomic E-state index is 0.00995. The molecule has 146 valence electrons. The SMILES string of the molecule is CCC(=O)C(=O)ON1CC(O)(c2cc3c(cc2O)OCC3)c2cc(Cl)ccc21. The molecule has 2 aliphatic rings. The van der Waals surface area contributed by atoms with Crippen LogP contribution in [0.2, 0.25) is 5.02 Å². The molecule has 0 aromatic heterocycles. The Morgan fingerprint density at radius 2 is 2.07 bits per heavy atom. The summed E-state index contributed by atoms with van der Waals surface area (Å²) < 4.78 is 5.45. The average molecular weight is 404 g/mol. The number of halogens is 1. The van der Waals surface area contributed by atoms with Gasteiger partial charge in [0.05, 0.1) is 18.8 Å². The van der Waals surface area contributed by atoms with Crippen LogP contribution in [0.25, 0.3) is 0 Å². The Kier molecular flexibility index (Phi) is 4.44. The van der Waals surface area contributed by atoms with Gasteiger partial charge in [-0.15, -0.1) is 0 Å². The zero-order valence-corrected chi connectivity index (χ0v) is 15.8. The molecule has 0 spiro atoms. The average Bonchev–Trinajstić information content (AvgIpc) is 3.23. The second-order valence-electron chi connectivity index (χ2n) is 6.79. The highest BCUT2D eigenvalue weighted by atomic mass is 35.5. The molecule has 8 heteroatoms. The molecular formula is C20H18ClNO6. The molecule has 1 atom stereocenters. The first kappa shape index (κ1) is 18.6. The van der Waals surface area contributed by atoms with Gasteiger partial charge in [0.25, 0.3) is 0 Å². The Labute approximate surface area is 166 Å². The van der Waals surface area contributed by atoms with Gasteiger partial charge in [-0.05, 0) is 29.8 Å². The van der Waals surface area contributed by atoms with Crippen molar-refractivity contribution >= 4 is 29.0 Å². The molecule has 2 aromatic rings. The number of carbonyl (C=O) groups excluding carboxylic acids is 2. The lowest BCUT2D eigenvalue weighted by Gasteiger charge is -2.26. The van der Waals surface area contributed by atoms with Gasteiger partial charge in [0.2, 0.25) is 5.78 Å². The number of anilines is 1. The van der Waals surface area contributed by atoms with E-state index in [-0.39, 0.29) is 24.3 Å². The summed E-state index contributed by atoms with van der Waals surface area (Å²) in [5, 5.41) is 23.6. The lowest BCUT2D eigenvalue weighted by atomic mass is 9.86. The van der Waals surface area contributed by atoms with Crippen molar-refractivity contribution in [2.75, 3.05) is 18.2 Å². The highest BCUT2D eigenvalue weighted by Crippen LogP contribution is 2.48. The molecule has 0 saturated carbocycles. The van der Waals surface area contributed by atoms with E-state index in [1.807, 2.05) is 0 Å². The van der Waals surface area contributed by atoms with Crippen LogP contribution in [-0.4, -0.2) is 35.1 Å². The van der Waals surface area contributed by atoms with Crippen LogP contribution < -0.4 is 9.80 Å². The summed E-state index contributed by atoms with van der Waals surface area (Å²) >= 11 is 6.12. The van der Waals surface area contributed by atoms with Crippen LogP contribution in [0.5, 0.6) is 11.5 Å². The van der Waals surface area contributed by atoms with Crippen molar-refractivity contribution in [3.05, 3.63) is 52.0 Å². The number of carbonyl (C=O) groups is 2. The molecule has 0 amide bonds. The van der Waals surface area contributed by atoms with Crippen LogP contribution >= 0.6 is 11.6 Å². The predicted molar refractivity (Wildman–Crippen MR) is 100 cm³/mol. The smallest absolute Gasteiger partial charge is 0.398 e. The minimum Gasteiger partial charge on any atom is -0.507 e. The number of phenols is 1. The van der Waals surface area contributed by atoms with E-state index in [1.165, 1.54) is 6.07 Å². The zero-order valence-electron chi connectivity index (χ0n) is 15.1. The largest absolute Gasteiger partial charge is 0.507 e. The topological polar surface area (TPSA) is 96.3 Å². The number of β-amino-alcohol motifs (C(OH)–C–C–N with tert-alkyl or cyclic N) is 1. The van der Waals surface area contributed by atoms with Gasteiger partial charge in [0.15, 0.2) is 0 Å². The zero-order chi connectivity index (χ0) is 20.1. The molecule has 4 rings (SSSR count). The Balaban J connectivity index is 1.79. The number of ether oxygens (including phenoxy) is 1. The van der Waals surface area contributed by atoms with Gasteiger partial charge >= 0.3 is 5.97 Å². The van der Waals surface area contributed by atoms with Gasteiger partial charge < -0.3 is 19.8 Å². The fraction of sp³-hybridized carbons (Fsp3) is 0.300. The summed E-state index contributed by atoms with van der Waals surface area (Å²) in [5.74, 6) is -1.26. The molecule has 0 fully saturated rings. The summed E-state index contributed by atoms with van der Waals surface area (Å²) in [6, 6.07) is 7.88. The summed E-state index contributed by atoms with van der Waals surface area (Å²) in [4.78, 5) is 28.8. The second-order valence-corrected chi connectivity index (χ2v) is 7.23. The van der Waals surface area contributed by atoms with Gasteiger partial charge in [-0.1, -0.05) is 18.5 Å². The van der Waals surface area contributed by atoms with Crippen LogP contribution in [0.1, 0.15) is 30.0 Å². The van der Waals surface area contributed by atoms with Gasteiger partial charge in [-0.3, -0.25) is 4.79 Å². The monoisotopic (exact) mass is 403 g/mol. The van der Waals surface area contributed by atoms with Crippen molar-refractivity contribution in [3.63, 3.8) is 0 Å². The highest BCUT2D eigenvalue weighted by Gasteiger charge is 2.47. The van der Waals surface area contributed by atoms with Gasteiger partial charge in [-0.2, -0.15) is 0 Å². The molecule has 2 aromatic carbocycles. The fourth-order valence-corrected chi connectivity index (χ4v) is 3.76. The molecule has 2 heterocycles. The number of hydrogen-bond donors (Lipinski definition) is 2. The van der Waals surface area contributed by atoms with E-state index in [1.54, 1.807) is 31.2 Å². The molecule has 28 heavy (non-hydrogen) atoms. The fourth-order valence-electron chi connectivity index (χ4n) is 3.59. The van der Waals surface area contributed by atoms with Crippen LogP contribution in [0.15, 0.2) is 30.3 Å². The molecule has 1 unspecified atom stereocenters. The number of phenolic OH excluding ortho intramolecular Hbond substituents is 1. The van der Waals surface area contributed by atoms with Crippen molar-refractivity contribution in [1.82, 2.24) is 0 Å². The van der Waals surface area contributed by atoms with Crippen molar-refractivity contribution in [3.8, 4) is 11.5 Å². The third kappa shape index (κ3) is 2.87. The molecule has 0 aliphatic carbocycles. The Morgan fingerprint density at radius 1 is 1.29 bits per heavy atom. The summed E-state index contributed by atoms with van der Waals surface area (Å²) in [6.45, 7) is 1.86. The number of ketones is 1. The third-order valence-electron chi connectivity index (χ3n) is 5.04. The van der Waals surface area contributed by atoms with Crippen molar-refractivity contribution in [2.24, 2.45) is 0 Å². The first-order chi connectivity index (χ1) is 13.3. The normalized spacial score (nSPS) is 19.8. The third-order valence-corrected chi connectivity index (χ3v) is 5.28. The number of Topliss-reactive ketones (excluding diaryl/α,β-unsaturated/α-hetero) is 1. The minimum atomic E-state index is -1.70. The number of hydrogen-bond acceptors (Lipinski definition) is 7. The van der Waals surface area contributed by atoms with Crippen LogP contribution in [-0.2, 0) is 26.4 Å². The van der Waals surface area contributed by atoms with Gasteiger partial charge in [0.1, 0.15) is 17.1 Å². The Hall–Kier alpha value is -2.77. The number of nitrogens with zero attached hydrogens (tertiary/aromatic N) is 1. The summed E-state index contributed by atoms with van der Waals surface area (Å²) in [5.41, 5.74) is 0.172. The molecule has 0 saturated heterocycles. The lowest BCUT2D eigenvalue weighted by molar-refractivity contribution is -0.155. The Bertz CT molecular complexity index is 991. The van der Waals surface area contributed by atoms with E-state index in [0.29, 0.717) is 35.1 Å². The number of hydroxylamine groups is 1. The van der Waals surface area contributed by atoms with Gasteiger partial charge in [0, 0.05) is 35.1 Å². The lowest BCUT2D eigenvalue weighted by Crippen LogP contribution is -2.37. The van der Waals surface area contributed by atoms with Gasteiger partial charge in [-0.25, -0.2) is 9.86 Å².